The number of ether oxygens (including phenoxy) is 1. The van der Waals surface area contributed by atoms with E-state index in [0.29, 0.717) is 6.54 Å². The van der Waals surface area contributed by atoms with Crippen molar-refractivity contribution in [3.05, 3.63) is 29.3 Å². The van der Waals surface area contributed by atoms with Gasteiger partial charge < -0.3 is 15.6 Å². The SMILES string of the molecule is Cc1cccc(CN)c1OC1CCCCCC1O. The molecule has 3 heteroatoms. The van der Waals surface area contributed by atoms with Crippen molar-refractivity contribution in [2.45, 2.75) is 57.8 Å². The highest BCUT2D eigenvalue weighted by Crippen LogP contribution is 2.28. The third kappa shape index (κ3) is 3.03. The van der Waals surface area contributed by atoms with Gasteiger partial charge >= 0.3 is 0 Å². The quantitative estimate of drug-likeness (QED) is 0.809. The fourth-order valence-electron chi connectivity index (χ4n) is 2.59. The minimum atomic E-state index is -0.349. The Kier molecular flexibility index (Phi) is 4.61. The van der Waals surface area contributed by atoms with Crippen molar-refractivity contribution >= 4 is 0 Å². The molecule has 0 bridgehead atoms. The van der Waals surface area contributed by atoms with Crippen LogP contribution in [0.25, 0.3) is 0 Å². The maximum atomic E-state index is 10.1. The number of aliphatic hydroxyl groups excluding tert-OH is 1. The average Bonchev–Trinajstić information content (AvgIpc) is 2.57. The van der Waals surface area contributed by atoms with Crippen LogP contribution in [0.15, 0.2) is 18.2 Å². The van der Waals surface area contributed by atoms with Crippen molar-refractivity contribution in [1.82, 2.24) is 0 Å². The van der Waals surface area contributed by atoms with E-state index in [1.807, 2.05) is 25.1 Å². The smallest absolute Gasteiger partial charge is 0.127 e. The van der Waals surface area contributed by atoms with Gasteiger partial charge in [0.05, 0.1) is 6.10 Å². The first-order chi connectivity index (χ1) is 8.72. The van der Waals surface area contributed by atoms with Gasteiger partial charge in [0.15, 0.2) is 0 Å². The van der Waals surface area contributed by atoms with E-state index in [9.17, 15) is 5.11 Å². The molecule has 1 aromatic carbocycles. The molecule has 0 radical (unpaired) electrons. The lowest BCUT2D eigenvalue weighted by Gasteiger charge is -2.24. The van der Waals surface area contributed by atoms with Crippen LogP contribution >= 0.6 is 0 Å². The lowest BCUT2D eigenvalue weighted by atomic mass is 10.1. The van der Waals surface area contributed by atoms with Crippen LogP contribution in [0.1, 0.15) is 43.2 Å². The van der Waals surface area contributed by atoms with Crippen LogP contribution < -0.4 is 10.5 Å². The lowest BCUT2D eigenvalue weighted by Crippen LogP contribution is -2.31. The summed E-state index contributed by atoms with van der Waals surface area (Å²) in [6, 6.07) is 6.01. The van der Waals surface area contributed by atoms with Crippen molar-refractivity contribution in [2.75, 3.05) is 0 Å². The van der Waals surface area contributed by atoms with Crippen LogP contribution in [0.2, 0.25) is 0 Å². The summed E-state index contributed by atoms with van der Waals surface area (Å²) < 4.78 is 6.07. The molecule has 1 aromatic rings. The normalized spacial score (nSPS) is 24.6. The Balaban J connectivity index is 2.16. The molecule has 2 atom stereocenters. The maximum absolute atomic E-state index is 10.1. The Labute approximate surface area is 109 Å². The minimum absolute atomic E-state index is 0.0844. The van der Waals surface area contributed by atoms with Crippen LogP contribution in [-0.4, -0.2) is 17.3 Å². The van der Waals surface area contributed by atoms with Gasteiger partial charge in [0, 0.05) is 12.1 Å². The molecule has 18 heavy (non-hydrogen) atoms. The molecule has 1 aliphatic carbocycles. The van der Waals surface area contributed by atoms with E-state index in [0.717, 1.165) is 42.6 Å². The van der Waals surface area contributed by atoms with E-state index in [-0.39, 0.29) is 12.2 Å². The Morgan fingerprint density at radius 2 is 2.06 bits per heavy atom. The Bertz CT molecular complexity index is 392. The number of nitrogens with two attached hydrogens (primary N) is 1. The molecule has 3 nitrogen and oxygen atoms in total. The molecule has 1 aliphatic rings. The van der Waals surface area contributed by atoms with Crippen molar-refractivity contribution in [3.8, 4) is 5.75 Å². The molecular formula is C15H23NO2. The fraction of sp³-hybridized carbons (Fsp3) is 0.600. The highest BCUT2D eigenvalue weighted by Gasteiger charge is 2.24. The van der Waals surface area contributed by atoms with Crippen molar-refractivity contribution in [3.63, 3.8) is 0 Å². The summed E-state index contributed by atoms with van der Waals surface area (Å²) in [7, 11) is 0. The highest BCUT2D eigenvalue weighted by molar-refractivity contribution is 5.40. The predicted octanol–water partition coefficient (Wildman–Crippen LogP) is 2.53. The topological polar surface area (TPSA) is 55.5 Å². The number of rotatable bonds is 3. The van der Waals surface area contributed by atoms with Gasteiger partial charge in [-0.05, 0) is 31.7 Å². The number of aliphatic hydroxyl groups is 1. The monoisotopic (exact) mass is 249 g/mol. The molecule has 0 aliphatic heterocycles. The third-order valence-electron chi connectivity index (χ3n) is 3.70. The highest BCUT2D eigenvalue weighted by atomic mass is 16.5. The van der Waals surface area contributed by atoms with Crippen LogP contribution in [-0.2, 0) is 6.54 Å². The Morgan fingerprint density at radius 3 is 2.83 bits per heavy atom. The summed E-state index contributed by atoms with van der Waals surface area (Å²) in [5.74, 6) is 0.867. The maximum Gasteiger partial charge on any atom is 0.127 e. The molecular weight excluding hydrogens is 226 g/mol. The van der Waals surface area contributed by atoms with E-state index in [1.165, 1.54) is 6.42 Å². The standard InChI is InChI=1S/C15H23NO2/c1-11-6-5-7-12(10-16)15(11)18-14-9-4-2-3-8-13(14)17/h5-7,13-14,17H,2-4,8-10,16H2,1H3. The Hall–Kier alpha value is -1.06. The molecule has 2 unspecified atom stereocenters. The number of para-hydroxylation sites is 1. The summed E-state index contributed by atoms with van der Waals surface area (Å²) in [6.07, 6.45) is 4.75. The third-order valence-corrected chi connectivity index (χ3v) is 3.70. The van der Waals surface area contributed by atoms with Crippen LogP contribution in [0.3, 0.4) is 0 Å². The van der Waals surface area contributed by atoms with Gasteiger partial charge in [0.2, 0.25) is 0 Å². The van der Waals surface area contributed by atoms with Gasteiger partial charge in [0.25, 0.3) is 0 Å². The average molecular weight is 249 g/mol. The second kappa shape index (κ2) is 6.21. The summed E-state index contributed by atoms with van der Waals surface area (Å²) >= 11 is 0. The molecule has 3 N–H and O–H groups in total. The number of hydrogen-bond acceptors (Lipinski definition) is 3. The van der Waals surface area contributed by atoms with Gasteiger partial charge in [-0.25, -0.2) is 0 Å². The van der Waals surface area contributed by atoms with Crippen LogP contribution in [0.5, 0.6) is 5.75 Å². The first-order valence-electron chi connectivity index (χ1n) is 6.85. The zero-order chi connectivity index (χ0) is 13.0. The lowest BCUT2D eigenvalue weighted by molar-refractivity contribution is 0.0310. The number of benzene rings is 1. The summed E-state index contributed by atoms with van der Waals surface area (Å²) in [5.41, 5.74) is 7.86. The molecule has 100 valence electrons. The summed E-state index contributed by atoms with van der Waals surface area (Å²) in [6.45, 7) is 2.50. The second-order valence-electron chi connectivity index (χ2n) is 5.13. The molecule has 2 rings (SSSR count). The van der Waals surface area contributed by atoms with Crippen LogP contribution in [0, 0.1) is 6.92 Å². The van der Waals surface area contributed by atoms with E-state index >= 15 is 0 Å². The number of aryl methyl sites for hydroxylation is 1. The molecule has 0 saturated heterocycles. The Morgan fingerprint density at radius 1 is 1.28 bits per heavy atom. The molecule has 1 saturated carbocycles. The fourth-order valence-corrected chi connectivity index (χ4v) is 2.59. The van der Waals surface area contributed by atoms with Gasteiger partial charge in [-0.1, -0.05) is 31.0 Å². The predicted molar refractivity (Wildman–Crippen MR) is 72.6 cm³/mol. The summed E-state index contributed by atoms with van der Waals surface area (Å²) in [4.78, 5) is 0. The van der Waals surface area contributed by atoms with E-state index in [2.05, 4.69) is 0 Å². The van der Waals surface area contributed by atoms with Gasteiger partial charge in [-0.3, -0.25) is 0 Å². The minimum Gasteiger partial charge on any atom is -0.487 e. The first kappa shape index (κ1) is 13.4. The largest absolute Gasteiger partial charge is 0.487 e. The van der Waals surface area contributed by atoms with Gasteiger partial charge in [0.1, 0.15) is 11.9 Å². The molecule has 0 spiro atoms. The number of hydrogen-bond donors (Lipinski definition) is 2. The van der Waals surface area contributed by atoms with E-state index < -0.39 is 0 Å². The van der Waals surface area contributed by atoms with E-state index in [4.69, 9.17) is 10.5 Å². The zero-order valence-corrected chi connectivity index (χ0v) is 11.1. The van der Waals surface area contributed by atoms with Crippen molar-refractivity contribution < 1.29 is 9.84 Å². The van der Waals surface area contributed by atoms with Crippen LogP contribution in [0.4, 0.5) is 0 Å². The molecule has 0 aromatic heterocycles. The molecule has 1 fully saturated rings. The molecule has 0 amide bonds. The van der Waals surface area contributed by atoms with Crippen molar-refractivity contribution in [1.29, 1.82) is 0 Å². The second-order valence-corrected chi connectivity index (χ2v) is 5.13. The van der Waals surface area contributed by atoms with E-state index in [1.54, 1.807) is 0 Å². The zero-order valence-electron chi connectivity index (χ0n) is 11.1. The van der Waals surface area contributed by atoms with Gasteiger partial charge in [-0.15, -0.1) is 0 Å². The summed E-state index contributed by atoms with van der Waals surface area (Å²) in [5, 5.41) is 10.1. The molecule has 0 heterocycles. The first-order valence-corrected chi connectivity index (χ1v) is 6.85. The van der Waals surface area contributed by atoms with Crippen molar-refractivity contribution in [2.24, 2.45) is 5.73 Å². The van der Waals surface area contributed by atoms with Gasteiger partial charge in [-0.2, -0.15) is 0 Å².